The minimum absolute atomic E-state index is 0. The van der Waals surface area contributed by atoms with Crippen molar-refractivity contribution in [2.24, 2.45) is 0 Å². The minimum atomic E-state index is -2.36. The number of carboxylic acids is 1. The van der Waals surface area contributed by atoms with Gasteiger partial charge in [0, 0.05) is 0 Å². The first-order chi connectivity index (χ1) is 13.6. The molecule has 0 unspecified atom stereocenters. The zero-order chi connectivity index (χ0) is 22.1. The van der Waals surface area contributed by atoms with Crippen LogP contribution >= 0.6 is 0 Å². The van der Waals surface area contributed by atoms with Gasteiger partial charge in [0.2, 0.25) is 11.6 Å². The smallest absolute Gasteiger partial charge is 0.545 e. The normalized spacial score (nSPS) is 11.7. The molecule has 0 radical (unpaired) electrons. The maximum absolute atomic E-state index is 13.8. The van der Waals surface area contributed by atoms with Gasteiger partial charge >= 0.3 is 29.6 Å². The van der Waals surface area contributed by atoms with Gasteiger partial charge < -0.3 is 14.6 Å². The topological polar surface area (TPSA) is 49.4 Å². The summed E-state index contributed by atoms with van der Waals surface area (Å²) in [5.41, 5.74) is 1.60. The fraction of sp³-hybridized carbons (Fsp3) is 0.409. The summed E-state index contributed by atoms with van der Waals surface area (Å²) < 4.78 is 59.6. The molecule has 1 aromatic carbocycles. The fourth-order valence-corrected chi connectivity index (χ4v) is 2.52. The molecule has 0 aliphatic rings. The van der Waals surface area contributed by atoms with Crippen LogP contribution in [0.3, 0.4) is 0 Å². The number of carbonyl (C=O) groups is 1. The predicted molar refractivity (Wildman–Crippen MR) is 102 cm³/mol. The van der Waals surface area contributed by atoms with Gasteiger partial charge in [-0.2, -0.15) is 8.78 Å². The molecular weight excluding hydrogens is 411 g/mol. The molecule has 0 spiro atoms. The molecule has 30 heavy (non-hydrogen) atoms. The maximum atomic E-state index is 13.8. The van der Waals surface area contributed by atoms with Crippen LogP contribution < -0.4 is 39.4 Å². The maximum Gasteiger partial charge on any atom is 1.00 e. The van der Waals surface area contributed by atoms with E-state index in [1.807, 2.05) is 20.8 Å². The number of hydrogen-bond donors (Lipinski definition) is 0. The summed E-state index contributed by atoms with van der Waals surface area (Å²) in [6.07, 6.45) is 9.22. The Morgan fingerprint density at radius 1 is 0.833 bits per heavy atom. The van der Waals surface area contributed by atoms with Crippen molar-refractivity contribution in [3.8, 4) is 5.75 Å². The van der Waals surface area contributed by atoms with Crippen LogP contribution in [0.25, 0.3) is 0 Å². The number of carbonyl (C=O) groups excluding carboxylic acids is 1. The summed E-state index contributed by atoms with van der Waals surface area (Å²) in [5, 5.41) is 10.6. The Labute approximate surface area is 196 Å². The van der Waals surface area contributed by atoms with Gasteiger partial charge in [-0.1, -0.05) is 28.9 Å². The third-order valence-corrected chi connectivity index (χ3v) is 4.21. The number of ether oxygens (including phenoxy) is 1. The average Bonchev–Trinajstić information content (AvgIpc) is 2.62. The average molecular weight is 436 g/mol. The Hall–Kier alpha value is -1.57. The molecule has 0 aliphatic heterocycles. The van der Waals surface area contributed by atoms with E-state index in [-0.39, 0.29) is 36.2 Å². The molecular formula is C22H25F4NaO3. The summed E-state index contributed by atoms with van der Waals surface area (Å²) in [6, 6.07) is 0. The van der Waals surface area contributed by atoms with Crippen molar-refractivity contribution in [2.45, 2.75) is 53.4 Å². The Morgan fingerprint density at radius 2 is 1.30 bits per heavy atom. The van der Waals surface area contributed by atoms with Gasteiger partial charge in [0.15, 0.2) is 17.4 Å². The van der Waals surface area contributed by atoms with E-state index >= 15 is 0 Å². The van der Waals surface area contributed by atoms with Crippen LogP contribution in [-0.2, 0) is 0 Å². The van der Waals surface area contributed by atoms with Crippen molar-refractivity contribution in [2.75, 3.05) is 6.61 Å². The molecule has 1 rings (SSSR count). The second-order valence-electron chi connectivity index (χ2n) is 7.02. The number of halogens is 4. The number of hydrogen-bond acceptors (Lipinski definition) is 3. The van der Waals surface area contributed by atoms with Crippen molar-refractivity contribution in [3.05, 3.63) is 63.8 Å². The van der Waals surface area contributed by atoms with E-state index in [1.165, 1.54) is 17.2 Å². The van der Waals surface area contributed by atoms with Crippen LogP contribution in [0.15, 0.2) is 34.9 Å². The first-order valence-corrected chi connectivity index (χ1v) is 9.20. The first-order valence-electron chi connectivity index (χ1n) is 9.20. The number of allylic oxidation sites excluding steroid dienone is 5. The van der Waals surface area contributed by atoms with Crippen LogP contribution in [0.4, 0.5) is 17.6 Å². The second kappa shape index (κ2) is 13.7. The standard InChI is InChI=1S/C22H26F4O3.Na/c1-13(2)7-5-8-14(3)9-6-10-15(4)11-12-29-21-19(25)17(23)16(22(27)28)18(24)20(21)26;/h7,9,11H,5-6,8,10,12H2,1-4H3,(H,27,28);/q;+1/p-1/b14-9+,15-11+;. The Bertz CT molecular complexity index is 812. The monoisotopic (exact) mass is 436 g/mol. The Balaban J connectivity index is 0.00000841. The Morgan fingerprint density at radius 3 is 1.77 bits per heavy atom. The van der Waals surface area contributed by atoms with E-state index in [0.717, 1.165) is 24.8 Å². The molecule has 0 amide bonds. The molecule has 3 nitrogen and oxygen atoms in total. The zero-order valence-corrected chi connectivity index (χ0v) is 20.0. The van der Waals surface area contributed by atoms with Crippen LogP contribution in [0.2, 0.25) is 0 Å². The van der Waals surface area contributed by atoms with Crippen molar-refractivity contribution >= 4 is 5.97 Å². The van der Waals surface area contributed by atoms with Gasteiger partial charge in [-0.3, -0.25) is 0 Å². The van der Waals surface area contributed by atoms with Crippen LogP contribution in [0, 0.1) is 23.3 Å². The minimum Gasteiger partial charge on any atom is -0.545 e. The largest absolute Gasteiger partial charge is 1.00 e. The molecule has 1 aromatic rings. The number of rotatable bonds is 10. The molecule has 0 saturated carbocycles. The number of carboxylic acid groups (broad SMARTS) is 1. The van der Waals surface area contributed by atoms with Crippen molar-refractivity contribution in [1.82, 2.24) is 0 Å². The number of aromatic carboxylic acids is 1. The van der Waals surface area contributed by atoms with Crippen molar-refractivity contribution in [1.29, 1.82) is 0 Å². The molecule has 0 atom stereocenters. The summed E-state index contributed by atoms with van der Waals surface area (Å²) in [5.74, 6) is -11.6. The van der Waals surface area contributed by atoms with Crippen molar-refractivity contribution < 1.29 is 61.8 Å². The van der Waals surface area contributed by atoms with Crippen LogP contribution in [-0.4, -0.2) is 12.6 Å². The van der Waals surface area contributed by atoms with Crippen LogP contribution in [0.5, 0.6) is 5.75 Å². The summed E-state index contributed by atoms with van der Waals surface area (Å²) in [7, 11) is 0. The van der Waals surface area contributed by atoms with Crippen LogP contribution in [0.1, 0.15) is 63.7 Å². The van der Waals surface area contributed by atoms with Gasteiger partial charge in [0.25, 0.3) is 0 Å². The molecule has 0 saturated heterocycles. The van der Waals surface area contributed by atoms with E-state index in [2.05, 4.69) is 12.2 Å². The zero-order valence-electron chi connectivity index (χ0n) is 18.0. The van der Waals surface area contributed by atoms with Gasteiger partial charge in [-0.05, 0) is 59.5 Å². The van der Waals surface area contributed by atoms with Gasteiger partial charge in [-0.15, -0.1) is 0 Å². The summed E-state index contributed by atoms with van der Waals surface area (Å²) >= 11 is 0. The van der Waals surface area contributed by atoms with E-state index in [1.54, 1.807) is 6.92 Å². The molecule has 8 heteroatoms. The molecule has 0 fully saturated rings. The van der Waals surface area contributed by atoms with E-state index in [0.29, 0.717) is 6.42 Å². The molecule has 160 valence electrons. The summed E-state index contributed by atoms with van der Waals surface area (Å²) in [6.45, 7) is 7.61. The first kappa shape index (κ1) is 28.4. The van der Waals surface area contributed by atoms with Gasteiger partial charge in [0.1, 0.15) is 6.61 Å². The van der Waals surface area contributed by atoms with E-state index in [9.17, 15) is 27.5 Å². The van der Waals surface area contributed by atoms with E-state index in [4.69, 9.17) is 4.74 Å². The molecule has 0 heterocycles. The molecule has 0 N–H and O–H groups in total. The predicted octanol–water partition coefficient (Wildman–Crippen LogP) is 2.41. The summed E-state index contributed by atoms with van der Waals surface area (Å²) in [4.78, 5) is 10.6. The quantitative estimate of drug-likeness (QED) is 0.245. The van der Waals surface area contributed by atoms with Gasteiger partial charge in [-0.25, -0.2) is 8.78 Å². The Kier molecular flexibility index (Phi) is 13.0. The third kappa shape index (κ3) is 8.66. The fourth-order valence-electron chi connectivity index (χ4n) is 2.52. The second-order valence-corrected chi connectivity index (χ2v) is 7.02. The third-order valence-electron chi connectivity index (χ3n) is 4.21. The molecule has 0 aromatic heterocycles. The molecule has 0 bridgehead atoms. The SMILES string of the molecule is CC(C)=CCC/C(C)=C/CC/C(C)=C/COc1c(F)c(F)c(C(=O)[O-])c(F)c1F.[Na+]. The van der Waals surface area contributed by atoms with Crippen molar-refractivity contribution in [3.63, 3.8) is 0 Å². The van der Waals surface area contributed by atoms with E-state index < -0.39 is 40.6 Å². The number of benzene rings is 1. The van der Waals surface area contributed by atoms with Gasteiger partial charge in [0.05, 0.1) is 11.5 Å². The molecule has 0 aliphatic carbocycles.